The molecule has 2 saturated heterocycles. The van der Waals surface area contributed by atoms with Gasteiger partial charge < -0.3 is 14.6 Å². The van der Waals surface area contributed by atoms with E-state index in [2.05, 4.69) is 22.9 Å². The number of fused-ring (bicyclic) bond motifs is 5. The summed E-state index contributed by atoms with van der Waals surface area (Å²) in [4.78, 5) is 13.2. The summed E-state index contributed by atoms with van der Waals surface area (Å²) in [5.41, 5.74) is 2.29. The van der Waals surface area contributed by atoms with Crippen LogP contribution >= 0.6 is 15.9 Å². The smallest absolute Gasteiger partial charge is 0.173 e. The molecular weight excluding hydrogens is 420 g/mol. The predicted octanol–water partition coefficient (Wildman–Crippen LogP) is 5.45. The van der Waals surface area contributed by atoms with Crippen molar-refractivity contribution in [3.05, 3.63) is 63.8 Å². The molecule has 2 fully saturated rings. The van der Waals surface area contributed by atoms with Crippen molar-refractivity contribution >= 4 is 27.3 Å². The van der Waals surface area contributed by atoms with Crippen molar-refractivity contribution in [3.63, 3.8) is 0 Å². The van der Waals surface area contributed by atoms with Crippen LogP contribution in [-0.4, -0.2) is 23.1 Å². The lowest BCUT2D eigenvalue weighted by Crippen LogP contribution is -2.29. The Kier molecular flexibility index (Phi) is 4.33. The van der Waals surface area contributed by atoms with Gasteiger partial charge in [0, 0.05) is 4.47 Å². The maximum atomic E-state index is 13.2. The molecule has 5 rings (SSSR count). The van der Waals surface area contributed by atoms with Gasteiger partial charge in [0.05, 0.1) is 29.6 Å². The number of hydrogen-bond acceptors (Lipinski definition) is 4. The molecule has 2 aliphatic heterocycles. The predicted molar refractivity (Wildman–Crippen MR) is 109 cm³/mol. The minimum atomic E-state index is -0.227. The molecule has 0 amide bonds. The summed E-state index contributed by atoms with van der Waals surface area (Å²) in [6.07, 6.45) is 2.53. The fraction of sp³-hybridized carbons (Fsp3) is 0.348. The number of halogens is 1. The Hall–Kier alpha value is -2.11. The number of ketones is 1. The zero-order chi connectivity index (χ0) is 19.4. The molecule has 0 radical (unpaired) electrons. The van der Waals surface area contributed by atoms with Crippen LogP contribution in [0.1, 0.15) is 30.9 Å². The third-order valence-electron chi connectivity index (χ3n) is 6.18. The van der Waals surface area contributed by atoms with Crippen LogP contribution in [-0.2, 0) is 16.0 Å². The van der Waals surface area contributed by atoms with Gasteiger partial charge in [-0.15, -0.1) is 0 Å². The zero-order valence-corrected chi connectivity index (χ0v) is 17.1. The van der Waals surface area contributed by atoms with Crippen LogP contribution in [0.3, 0.4) is 0 Å². The third-order valence-corrected chi connectivity index (χ3v) is 6.70. The average Bonchev–Trinajstić information content (AvgIpc) is 3.37. The van der Waals surface area contributed by atoms with Gasteiger partial charge in [0.1, 0.15) is 17.3 Å². The van der Waals surface area contributed by atoms with E-state index in [1.165, 1.54) is 0 Å². The van der Waals surface area contributed by atoms with Crippen LogP contribution in [0.2, 0.25) is 0 Å². The standard InChI is InChI=1S/C23H21BrO4/c1-2-12-3-6-15(27-14-7-4-13(24)5-8-14)11-16(12)19-22(25)20-17-9-10-18(28-17)21(20)23(19)26/h3-8,11,17-18,20-21,25H,2,9-10H2,1H3/t17-,18+,20-,21+/m1/s1. The Bertz CT molecular complexity index is 979. The summed E-state index contributed by atoms with van der Waals surface area (Å²) < 4.78 is 12.9. The van der Waals surface area contributed by atoms with Crippen molar-refractivity contribution in [2.75, 3.05) is 0 Å². The Balaban J connectivity index is 1.53. The Morgan fingerprint density at radius 3 is 2.43 bits per heavy atom. The summed E-state index contributed by atoms with van der Waals surface area (Å²) in [6.45, 7) is 2.05. The van der Waals surface area contributed by atoms with Crippen LogP contribution < -0.4 is 4.74 Å². The molecule has 144 valence electrons. The molecule has 1 N–H and O–H groups in total. The van der Waals surface area contributed by atoms with E-state index in [4.69, 9.17) is 9.47 Å². The van der Waals surface area contributed by atoms with E-state index in [1.54, 1.807) is 0 Å². The van der Waals surface area contributed by atoms with E-state index < -0.39 is 0 Å². The lowest BCUT2D eigenvalue weighted by Gasteiger charge is -2.19. The van der Waals surface area contributed by atoms with Gasteiger partial charge in [0.25, 0.3) is 0 Å². The van der Waals surface area contributed by atoms with Gasteiger partial charge in [-0.1, -0.05) is 28.9 Å². The number of Topliss-reactive ketones (excluding diaryl/α,β-unsaturated/α-hetero) is 1. The number of hydrogen-bond donors (Lipinski definition) is 1. The lowest BCUT2D eigenvalue weighted by atomic mass is 9.80. The number of rotatable bonds is 4. The van der Waals surface area contributed by atoms with Gasteiger partial charge in [-0.2, -0.15) is 0 Å². The largest absolute Gasteiger partial charge is 0.511 e. The first-order chi connectivity index (χ1) is 13.6. The molecule has 4 atom stereocenters. The van der Waals surface area contributed by atoms with Crippen molar-refractivity contribution in [1.29, 1.82) is 0 Å². The molecule has 2 bridgehead atoms. The van der Waals surface area contributed by atoms with Gasteiger partial charge in [-0.3, -0.25) is 4.79 Å². The average molecular weight is 441 g/mol. The van der Waals surface area contributed by atoms with Gasteiger partial charge in [0.15, 0.2) is 5.78 Å². The Morgan fingerprint density at radius 1 is 1.07 bits per heavy atom. The van der Waals surface area contributed by atoms with Gasteiger partial charge >= 0.3 is 0 Å². The maximum absolute atomic E-state index is 13.2. The van der Waals surface area contributed by atoms with Crippen molar-refractivity contribution in [2.24, 2.45) is 11.8 Å². The Labute approximate surface area is 172 Å². The molecule has 2 heterocycles. The SMILES string of the molecule is CCc1ccc(Oc2ccc(Br)cc2)cc1C1=C(O)[C@H]2[C@@H](C1=O)[C@@H]1CC[C@H]2O1. The summed E-state index contributed by atoms with van der Waals surface area (Å²) in [5, 5.41) is 11.0. The highest BCUT2D eigenvalue weighted by atomic mass is 79.9. The van der Waals surface area contributed by atoms with E-state index in [9.17, 15) is 9.90 Å². The van der Waals surface area contributed by atoms with Crippen molar-refractivity contribution in [3.8, 4) is 11.5 Å². The number of carbonyl (C=O) groups excluding carboxylic acids is 1. The molecule has 2 aromatic rings. The summed E-state index contributed by atoms with van der Waals surface area (Å²) in [6, 6.07) is 13.4. The Morgan fingerprint density at radius 2 is 1.75 bits per heavy atom. The van der Waals surface area contributed by atoms with Crippen molar-refractivity contribution in [1.82, 2.24) is 0 Å². The molecule has 3 aliphatic rings. The summed E-state index contributed by atoms with van der Waals surface area (Å²) in [7, 11) is 0. The molecule has 1 aliphatic carbocycles. The quantitative estimate of drug-likeness (QED) is 0.686. The molecule has 2 aromatic carbocycles. The fourth-order valence-electron chi connectivity index (χ4n) is 4.89. The highest BCUT2D eigenvalue weighted by Crippen LogP contribution is 2.54. The normalized spacial score (nSPS) is 28.1. The summed E-state index contributed by atoms with van der Waals surface area (Å²) in [5.74, 6) is 1.19. The van der Waals surface area contributed by atoms with Gasteiger partial charge in [-0.05, 0) is 66.8 Å². The van der Waals surface area contributed by atoms with Crippen molar-refractivity contribution < 1.29 is 19.4 Å². The van der Waals surface area contributed by atoms with E-state index in [-0.39, 0.29) is 35.6 Å². The molecule has 0 unspecified atom stereocenters. The highest BCUT2D eigenvalue weighted by Gasteiger charge is 2.59. The summed E-state index contributed by atoms with van der Waals surface area (Å²) >= 11 is 3.42. The highest BCUT2D eigenvalue weighted by molar-refractivity contribution is 9.10. The third kappa shape index (κ3) is 2.72. The first-order valence-corrected chi connectivity index (χ1v) is 10.6. The number of aliphatic hydroxyl groups is 1. The van der Waals surface area contributed by atoms with E-state index >= 15 is 0 Å². The molecule has 0 aromatic heterocycles. The first-order valence-electron chi connectivity index (χ1n) is 9.76. The van der Waals surface area contributed by atoms with Gasteiger partial charge in [-0.25, -0.2) is 0 Å². The second kappa shape index (κ2) is 6.75. The number of allylic oxidation sites excluding steroid dienone is 1. The van der Waals surface area contributed by atoms with Crippen LogP contribution in [0, 0.1) is 11.8 Å². The number of benzene rings is 2. The zero-order valence-electron chi connectivity index (χ0n) is 15.5. The number of carbonyl (C=O) groups is 1. The molecule has 5 heteroatoms. The van der Waals surface area contributed by atoms with Crippen LogP contribution in [0.4, 0.5) is 0 Å². The monoisotopic (exact) mass is 440 g/mol. The minimum Gasteiger partial charge on any atom is -0.511 e. The lowest BCUT2D eigenvalue weighted by molar-refractivity contribution is -0.118. The molecule has 4 nitrogen and oxygen atoms in total. The molecule has 0 spiro atoms. The number of ether oxygens (including phenoxy) is 2. The first kappa shape index (κ1) is 18.0. The van der Waals surface area contributed by atoms with E-state index in [0.29, 0.717) is 11.3 Å². The number of aliphatic hydroxyl groups excluding tert-OH is 1. The van der Waals surface area contributed by atoms with Gasteiger partial charge in [0.2, 0.25) is 0 Å². The van der Waals surface area contributed by atoms with Crippen LogP contribution in [0.5, 0.6) is 11.5 Å². The maximum Gasteiger partial charge on any atom is 0.173 e. The second-order valence-corrected chi connectivity index (χ2v) is 8.61. The van der Waals surface area contributed by atoms with Crippen LogP contribution in [0.25, 0.3) is 5.57 Å². The number of aryl methyl sites for hydroxylation is 1. The topological polar surface area (TPSA) is 55.8 Å². The van der Waals surface area contributed by atoms with E-state index in [0.717, 1.165) is 40.6 Å². The van der Waals surface area contributed by atoms with E-state index in [1.807, 2.05) is 42.5 Å². The van der Waals surface area contributed by atoms with Crippen LogP contribution in [0.15, 0.2) is 52.7 Å². The molecule has 0 saturated carbocycles. The molecular formula is C23H21BrO4. The fourth-order valence-corrected chi connectivity index (χ4v) is 5.15. The second-order valence-electron chi connectivity index (χ2n) is 7.69. The van der Waals surface area contributed by atoms with Crippen molar-refractivity contribution in [2.45, 2.75) is 38.4 Å². The molecule has 28 heavy (non-hydrogen) atoms. The minimum absolute atomic E-state index is 0.0187.